The van der Waals surface area contributed by atoms with Gasteiger partial charge in [0.25, 0.3) is 0 Å². The van der Waals surface area contributed by atoms with Crippen LogP contribution in [0.25, 0.3) is 0 Å². The molecule has 8 heteroatoms. The lowest BCUT2D eigenvalue weighted by Crippen LogP contribution is -2.34. The van der Waals surface area contributed by atoms with Gasteiger partial charge in [0.1, 0.15) is 11.9 Å². The number of halogens is 1. The molecule has 2 saturated heterocycles. The number of cyclic esters (lactones) is 1. The van der Waals surface area contributed by atoms with Crippen LogP contribution in [0.4, 0.5) is 20.6 Å². The second kappa shape index (κ2) is 8.53. The number of carbonyl (C=O) groups excluding carboxylic acids is 1. The molecule has 2 radical (unpaired) electrons. The van der Waals surface area contributed by atoms with Crippen LogP contribution in [-0.4, -0.2) is 43.4 Å². The van der Waals surface area contributed by atoms with Crippen molar-refractivity contribution in [2.45, 2.75) is 25.9 Å². The van der Waals surface area contributed by atoms with Gasteiger partial charge in [-0.05, 0) is 43.9 Å². The topological polar surface area (TPSA) is 68.6 Å². The number of ether oxygens (including phenoxy) is 1. The molecule has 0 saturated carbocycles. The molecule has 2 aliphatic heterocycles. The van der Waals surface area contributed by atoms with Gasteiger partial charge in [-0.25, -0.2) is 9.18 Å². The van der Waals surface area contributed by atoms with Crippen LogP contribution in [0.3, 0.4) is 0 Å². The summed E-state index contributed by atoms with van der Waals surface area (Å²) in [4.78, 5) is 16.1. The summed E-state index contributed by atoms with van der Waals surface area (Å²) in [5, 5.41) is 11.7. The van der Waals surface area contributed by atoms with Crippen molar-refractivity contribution in [3.8, 4) is 6.07 Å². The Morgan fingerprint density at radius 3 is 2.96 bits per heavy atom. The Bertz CT molecular complexity index is 759. The number of thiocarbonyl (C=S) groups is 1. The van der Waals surface area contributed by atoms with Gasteiger partial charge in [-0.15, -0.1) is 0 Å². The molecule has 1 atom stereocenters. The highest BCUT2D eigenvalue weighted by molar-refractivity contribution is 7.80. The third-order valence-corrected chi connectivity index (χ3v) is 4.79. The fourth-order valence-corrected chi connectivity index (χ4v) is 3.29. The van der Waals surface area contributed by atoms with Crippen LogP contribution < -0.4 is 15.1 Å². The van der Waals surface area contributed by atoms with Crippen molar-refractivity contribution in [2.75, 3.05) is 36.0 Å². The van der Waals surface area contributed by atoms with Crippen molar-refractivity contribution in [2.24, 2.45) is 0 Å². The number of hydrogen-bond donors (Lipinski definition) is 1. The van der Waals surface area contributed by atoms with Crippen LogP contribution in [0, 0.1) is 29.5 Å². The molecule has 0 spiro atoms. The molecule has 2 fully saturated rings. The zero-order chi connectivity index (χ0) is 19.4. The van der Waals surface area contributed by atoms with E-state index in [4.69, 9.17) is 22.2 Å². The minimum Gasteiger partial charge on any atom is -0.442 e. The summed E-state index contributed by atoms with van der Waals surface area (Å²) in [5.74, 6) is 0.713. The van der Waals surface area contributed by atoms with E-state index in [1.165, 1.54) is 11.0 Å². The van der Waals surface area contributed by atoms with Gasteiger partial charge in [0.05, 0.1) is 35.5 Å². The predicted molar refractivity (Wildman–Crippen MR) is 105 cm³/mol. The molecule has 27 heavy (non-hydrogen) atoms. The lowest BCUT2D eigenvalue weighted by molar-refractivity contribution is 0.143. The number of nitrogens with one attached hydrogen (secondary N) is 1. The van der Waals surface area contributed by atoms with Gasteiger partial charge >= 0.3 is 6.09 Å². The number of nitriles is 1. The molecule has 1 amide bonds. The third-order valence-electron chi connectivity index (χ3n) is 4.65. The quantitative estimate of drug-likeness (QED) is 0.782. The lowest BCUT2D eigenvalue weighted by Gasteiger charge is -2.32. The fourth-order valence-electron chi connectivity index (χ4n) is 3.21. The molecule has 1 aromatic rings. The Morgan fingerprint density at radius 1 is 1.52 bits per heavy atom. The zero-order valence-electron chi connectivity index (χ0n) is 15.1. The summed E-state index contributed by atoms with van der Waals surface area (Å²) in [5.41, 5.74) is 0.966. The number of piperidine rings is 1. The highest BCUT2D eigenvalue weighted by Crippen LogP contribution is 2.31. The van der Waals surface area contributed by atoms with Crippen LogP contribution in [0.1, 0.15) is 19.8 Å². The summed E-state index contributed by atoms with van der Waals surface area (Å²) in [6.45, 7) is 3.78. The number of rotatable bonds is 5. The monoisotopic (exact) mass is 388 g/mol. The Morgan fingerprint density at radius 2 is 2.33 bits per heavy atom. The molecule has 2 aliphatic rings. The van der Waals surface area contributed by atoms with Gasteiger partial charge in [-0.3, -0.25) is 4.90 Å². The standard InChI is InChI=1S/C19H21FN4O2S/c1-13(27)22-11-16-12-24(19(25)26-16)15-2-3-18(17(20)10-15)23-8-5-14(4-7-21)6-9-23/h2-3,5,10,16H,4,6,8-9,11-12H2,1H3,(H,22,27). The summed E-state index contributed by atoms with van der Waals surface area (Å²) in [7, 11) is 0. The Balaban J connectivity index is 1.64. The summed E-state index contributed by atoms with van der Waals surface area (Å²) in [6, 6.07) is 6.93. The molecule has 1 unspecified atom stereocenters. The van der Waals surface area contributed by atoms with Crippen molar-refractivity contribution >= 4 is 34.7 Å². The molecular formula is C19H21FN4O2S. The number of carbonyl (C=O) groups is 1. The van der Waals surface area contributed by atoms with E-state index in [-0.39, 0.29) is 11.9 Å². The second-order valence-corrected chi connectivity index (χ2v) is 7.19. The molecule has 0 aliphatic carbocycles. The summed E-state index contributed by atoms with van der Waals surface area (Å²) >= 11 is 4.96. The molecule has 0 aromatic heterocycles. The normalized spacial score (nSPS) is 20.3. The number of amides is 1. The fraction of sp³-hybridized carbons (Fsp3) is 0.421. The largest absolute Gasteiger partial charge is 0.442 e. The van der Waals surface area contributed by atoms with Gasteiger partial charge in [0.15, 0.2) is 0 Å². The average Bonchev–Trinajstić information content (AvgIpc) is 3.02. The van der Waals surface area contributed by atoms with Crippen molar-refractivity contribution in [1.82, 2.24) is 5.32 Å². The minimum atomic E-state index is -0.488. The van der Waals surface area contributed by atoms with Crippen molar-refractivity contribution in [1.29, 1.82) is 5.26 Å². The maximum Gasteiger partial charge on any atom is 0.414 e. The van der Waals surface area contributed by atoms with E-state index in [0.717, 1.165) is 12.3 Å². The average molecular weight is 388 g/mol. The first-order valence-electron chi connectivity index (χ1n) is 8.80. The van der Waals surface area contributed by atoms with Crippen molar-refractivity contribution < 1.29 is 13.9 Å². The van der Waals surface area contributed by atoms with E-state index in [2.05, 4.69) is 11.4 Å². The lowest BCUT2D eigenvalue weighted by atomic mass is 9.94. The number of nitrogens with zero attached hydrogens (tertiary/aromatic N) is 3. The van der Waals surface area contributed by atoms with Gasteiger partial charge in [0.2, 0.25) is 0 Å². The van der Waals surface area contributed by atoms with E-state index < -0.39 is 6.09 Å². The zero-order valence-corrected chi connectivity index (χ0v) is 15.9. The van der Waals surface area contributed by atoms with Crippen LogP contribution >= 0.6 is 12.2 Å². The smallest absolute Gasteiger partial charge is 0.414 e. The van der Waals surface area contributed by atoms with Gasteiger partial charge < -0.3 is 15.0 Å². The Hall–Kier alpha value is -2.40. The Kier molecular flexibility index (Phi) is 6.11. The molecular weight excluding hydrogens is 367 g/mol. The molecule has 1 aromatic carbocycles. The second-order valence-electron chi connectivity index (χ2n) is 6.58. The first-order valence-corrected chi connectivity index (χ1v) is 9.20. The molecule has 2 heterocycles. The van der Waals surface area contributed by atoms with E-state index >= 15 is 0 Å². The summed E-state index contributed by atoms with van der Waals surface area (Å²) < 4.78 is 20.0. The highest BCUT2D eigenvalue weighted by Gasteiger charge is 2.33. The maximum atomic E-state index is 14.7. The number of benzene rings is 1. The minimum absolute atomic E-state index is 0.330. The number of hydrogen-bond acceptors (Lipinski definition) is 5. The van der Waals surface area contributed by atoms with Crippen LogP contribution in [0.15, 0.2) is 18.2 Å². The number of anilines is 2. The molecule has 0 bridgehead atoms. The summed E-state index contributed by atoms with van der Waals surface area (Å²) in [6.07, 6.45) is 2.34. The molecule has 1 N–H and O–H groups in total. The van der Waals surface area contributed by atoms with Crippen molar-refractivity contribution in [3.63, 3.8) is 0 Å². The Labute approximate surface area is 163 Å². The van der Waals surface area contributed by atoms with Crippen LogP contribution in [-0.2, 0) is 4.74 Å². The van der Waals surface area contributed by atoms with Crippen LogP contribution in [0.2, 0.25) is 0 Å². The third kappa shape index (κ3) is 4.66. The molecule has 3 rings (SSSR count). The highest BCUT2D eigenvalue weighted by atomic mass is 32.1. The van der Waals surface area contributed by atoms with E-state index in [1.807, 2.05) is 11.3 Å². The first-order chi connectivity index (χ1) is 13.0. The van der Waals surface area contributed by atoms with Gasteiger partial charge in [-0.2, -0.15) is 5.26 Å². The van der Waals surface area contributed by atoms with Crippen molar-refractivity contribution in [3.05, 3.63) is 36.4 Å². The molecule has 142 valence electrons. The SMILES string of the molecule is CC(=S)NCC1CN(c2ccc(N3C[CH][C](CC#N)CC3)c(F)c2)C(=O)O1. The van der Waals surface area contributed by atoms with E-state index in [9.17, 15) is 9.18 Å². The maximum absolute atomic E-state index is 14.7. The van der Waals surface area contributed by atoms with E-state index in [0.29, 0.717) is 49.0 Å². The van der Waals surface area contributed by atoms with Gasteiger partial charge in [0, 0.05) is 19.5 Å². The first kappa shape index (κ1) is 19.4. The van der Waals surface area contributed by atoms with Gasteiger partial charge in [-0.1, -0.05) is 12.2 Å². The van der Waals surface area contributed by atoms with E-state index in [1.54, 1.807) is 19.1 Å². The molecule has 6 nitrogen and oxygen atoms in total. The predicted octanol–water partition coefficient (Wildman–Crippen LogP) is 2.99. The van der Waals surface area contributed by atoms with Crippen LogP contribution in [0.5, 0.6) is 0 Å².